The Morgan fingerprint density at radius 3 is 2.70 bits per heavy atom. The van der Waals surface area contributed by atoms with E-state index in [4.69, 9.17) is 9.47 Å². The van der Waals surface area contributed by atoms with E-state index >= 15 is 0 Å². The number of aromatic nitrogens is 5. The molecular weight excluding hydrogens is 416 g/mol. The molecule has 0 radical (unpaired) electrons. The maximum absolute atomic E-state index is 9.62. The first-order valence-electron chi connectivity index (χ1n) is 10.7. The molecule has 2 aromatic heterocycles. The molecule has 0 aliphatic carbocycles. The molecule has 0 saturated carbocycles. The van der Waals surface area contributed by atoms with E-state index in [1.54, 1.807) is 13.4 Å². The summed E-state index contributed by atoms with van der Waals surface area (Å²) in [4.78, 5) is 4.30. The molecule has 166 valence electrons. The molecule has 0 saturated heterocycles. The van der Waals surface area contributed by atoms with Crippen molar-refractivity contribution >= 4 is 0 Å². The van der Waals surface area contributed by atoms with Crippen molar-refractivity contribution in [1.82, 2.24) is 24.3 Å². The van der Waals surface area contributed by atoms with Gasteiger partial charge in [-0.1, -0.05) is 39.0 Å². The third kappa shape index (κ3) is 3.52. The van der Waals surface area contributed by atoms with E-state index in [-0.39, 0.29) is 12.0 Å². The average molecular weight is 441 g/mol. The normalized spacial score (nSPS) is 12.2. The van der Waals surface area contributed by atoms with Crippen LogP contribution in [0, 0.1) is 11.3 Å². The monoisotopic (exact) mass is 440 g/mol. The van der Waals surface area contributed by atoms with E-state index < -0.39 is 0 Å². The van der Waals surface area contributed by atoms with Crippen molar-refractivity contribution in [2.45, 2.75) is 39.3 Å². The summed E-state index contributed by atoms with van der Waals surface area (Å²) in [5, 5.41) is 18.6. The first-order chi connectivity index (χ1) is 15.9. The van der Waals surface area contributed by atoms with Crippen LogP contribution >= 0.6 is 0 Å². The van der Waals surface area contributed by atoms with Gasteiger partial charge < -0.3 is 14.0 Å². The Morgan fingerprint density at radius 2 is 1.94 bits per heavy atom. The maximum Gasteiger partial charge on any atom is 0.171 e. The van der Waals surface area contributed by atoms with E-state index in [0.29, 0.717) is 29.6 Å². The summed E-state index contributed by atoms with van der Waals surface area (Å²) in [6.07, 6.45) is 1.68. The molecule has 0 N–H and O–H groups in total. The Hall–Kier alpha value is -4.12. The molecule has 1 aliphatic rings. The fourth-order valence-corrected chi connectivity index (χ4v) is 4.17. The molecule has 8 heteroatoms. The van der Waals surface area contributed by atoms with Crippen LogP contribution in [0.3, 0.4) is 0 Å². The van der Waals surface area contributed by atoms with Crippen LogP contribution in [0.15, 0.2) is 48.8 Å². The fraction of sp³-hybridized carbons (Fsp3) is 0.280. The van der Waals surface area contributed by atoms with Crippen LogP contribution < -0.4 is 9.47 Å². The highest BCUT2D eigenvalue weighted by atomic mass is 16.5. The molecule has 3 heterocycles. The summed E-state index contributed by atoms with van der Waals surface area (Å²) in [6.45, 7) is 7.13. The number of benzene rings is 2. The molecule has 0 atom stereocenters. The van der Waals surface area contributed by atoms with Crippen molar-refractivity contribution in [1.29, 1.82) is 5.26 Å². The number of hydrogen-bond acceptors (Lipinski definition) is 6. The van der Waals surface area contributed by atoms with Gasteiger partial charge in [-0.25, -0.2) is 4.98 Å². The molecule has 0 unspecified atom stereocenters. The van der Waals surface area contributed by atoms with Crippen LogP contribution in [-0.4, -0.2) is 31.4 Å². The van der Waals surface area contributed by atoms with Gasteiger partial charge in [0.15, 0.2) is 17.3 Å². The predicted octanol–water partition coefficient (Wildman–Crippen LogP) is 4.25. The molecule has 0 amide bonds. The summed E-state index contributed by atoms with van der Waals surface area (Å²) in [7, 11) is 1.63. The number of para-hydroxylation sites is 1. The maximum atomic E-state index is 9.62. The number of hydrogen-bond donors (Lipinski definition) is 0. The predicted molar refractivity (Wildman–Crippen MR) is 122 cm³/mol. The third-order valence-electron chi connectivity index (χ3n) is 5.86. The topological polar surface area (TPSA) is 90.8 Å². The molecule has 0 bridgehead atoms. The van der Waals surface area contributed by atoms with E-state index in [2.05, 4.69) is 48.1 Å². The Morgan fingerprint density at radius 1 is 1.12 bits per heavy atom. The van der Waals surface area contributed by atoms with Gasteiger partial charge in [0.05, 0.1) is 25.0 Å². The molecule has 8 nitrogen and oxygen atoms in total. The van der Waals surface area contributed by atoms with Gasteiger partial charge in [0, 0.05) is 5.56 Å². The Labute approximate surface area is 192 Å². The van der Waals surface area contributed by atoms with E-state index in [0.717, 1.165) is 28.3 Å². The van der Waals surface area contributed by atoms with Crippen molar-refractivity contribution in [3.05, 3.63) is 71.6 Å². The average Bonchev–Trinajstić information content (AvgIpc) is 3.37. The van der Waals surface area contributed by atoms with Gasteiger partial charge in [-0.2, -0.15) is 5.26 Å². The number of imidazole rings is 1. The number of nitrogens with zero attached hydrogens (tertiary/aromatic N) is 6. The molecule has 0 fully saturated rings. The molecule has 1 aliphatic heterocycles. The van der Waals surface area contributed by atoms with E-state index in [1.165, 1.54) is 0 Å². The lowest BCUT2D eigenvalue weighted by Crippen LogP contribution is -2.15. The highest BCUT2D eigenvalue weighted by molar-refractivity contribution is 5.71. The first kappa shape index (κ1) is 20.8. The lowest BCUT2D eigenvalue weighted by molar-refractivity contribution is 0.282. The first-order valence-corrected chi connectivity index (χ1v) is 10.7. The zero-order valence-electron chi connectivity index (χ0n) is 19.0. The number of rotatable bonds is 4. The van der Waals surface area contributed by atoms with Gasteiger partial charge in [0.25, 0.3) is 0 Å². The Bertz CT molecular complexity index is 1390. The molecular formula is C25H24N6O2. The summed E-state index contributed by atoms with van der Waals surface area (Å²) in [6, 6.07) is 16.0. The lowest BCUT2D eigenvalue weighted by Gasteiger charge is -2.22. The van der Waals surface area contributed by atoms with Crippen LogP contribution in [-0.2, 0) is 18.6 Å². The van der Waals surface area contributed by atoms with Gasteiger partial charge in [-0.05, 0) is 35.2 Å². The number of ether oxygens (including phenoxy) is 2. The Balaban J connectivity index is 1.59. The second kappa shape index (κ2) is 7.78. The zero-order valence-corrected chi connectivity index (χ0v) is 19.0. The lowest BCUT2D eigenvalue weighted by atomic mass is 9.86. The van der Waals surface area contributed by atoms with Gasteiger partial charge >= 0.3 is 0 Å². The fourth-order valence-electron chi connectivity index (χ4n) is 4.17. The van der Waals surface area contributed by atoms with Gasteiger partial charge in [0.2, 0.25) is 0 Å². The molecule has 4 aromatic rings. The molecule has 5 rings (SSSR count). The summed E-state index contributed by atoms with van der Waals surface area (Å²) in [5.74, 6) is 2.89. The summed E-state index contributed by atoms with van der Waals surface area (Å²) >= 11 is 0. The zero-order chi connectivity index (χ0) is 23.2. The van der Waals surface area contributed by atoms with Crippen LogP contribution in [0.5, 0.6) is 11.5 Å². The van der Waals surface area contributed by atoms with E-state index in [1.807, 2.05) is 45.5 Å². The van der Waals surface area contributed by atoms with Gasteiger partial charge in [-0.3, -0.25) is 4.57 Å². The highest BCUT2D eigenvalue weighted by Gasteiger charge is 2.27. The van der Waals surface area contributed by atoms with Crippen molar-refractivity contribution in [3.8, 4) is 34.6 Å². The smallest absolute Gasteiger partial charge is 0.171 e. The van der Waals surface area contributed by atoms with Crippen molar-refractivity contribution in [2.24, 2.45) is 0 Å². The minimum absolute atomic E-state index is 0.0535. The van der Waals surface area contributed by atoms with E-state index in [9.17, 15) is 5.26 Å². The number of methoxy groups -OCH3 is 1. The van der Waals surface area contributed by atoms with Crippen LogP contribution in [0.25, 0.3) is 17.1 Å². The van der Waals surface area contributed by atoms with Crippen LogP contribution in [0.1, 0.15) is 43.5 Å². The van der Waals surface area contributed by atoms with Crippen molar-refractivity contribution in [3.63, 3.8) is 0 Å². The molecule has 0 spiro atoms. The standard InChI is InChI=1S/C25H24N6O2/c1-25(2,3)18-7-5-6-8-22(18)33-14-23-28-29-24-17-11-16(32-4)9-10-20(17)31-15-27-19(12-26)21(31)13-30(23)24/h5-11,15H,13-14H2,1-4H3. The Kier molecular flexibility index (Phi) is 4.90. The second-order valence-electron chi connectivity index (χ2n) is 8.97. The third-order valence-corrected chi connectivity index (χ3v) is 5.86. The van der Waals surface area contributed by atoms with Crippen molar-refractivity contribution in [2.75, 3.05) is 7.11 Å². The highest BCUT2D eigenvalue weighted by Crippen LogP contribution is 2.35. The summed E-state index contributed by atoms with van der Waals surface area (Å²) in [5.41, 5.74) is 3.95. The second-order valence-corrected chi connectivity index (χ2v) is 8.97. The minimum atomic E-state index is -0.0535. The quantitative estimate of drug-likeness (QED) is 0.415. The minimum Gasteiger partial charge on any atom is -0.497 e. The number of fused-ring (bicyclic) bond motifs is 5. The van der Waals surface area contributed by atoms with Gasteiger partial charge in [0.1, 0.15) is 30.5 Å². The largest absolute Gasteiger partial charge is 0.497 e. The van der Waals surface area contributed by atoms with Gasteiger partial charge in [-0.15, -0.1) is 10.2 Å². The van der Waals surface area contributed by atoms with Crippen LogP contribution in [0.2, 0.25) is 0 Å². The molecule has 33 heavy (non-hydrogen) atoms. The summed E-state index contributed by atoms with van der Waals surface area (Å²) < 4.78 is 15.6. The molecule has 2 aromatic carbocycles. The SMILES string of the molecule is COc1ccc2c(c1)-c1nnc(COc3ccccc3C(C)(C)C)n1Cc1c(C#N)ncn1-2. The van der Waals surface area contributed by atoms with Crippen LogP contribution in [0.4, 0.5) is 0 Å². The number of nitriles is 1. The van der Waals surface area contributed by atoms with Crippen molar-refractivity contribution < 1.29 is 9.47 Å².